The second-order valence-corrected chi connectivity index (χ2v) is 7.13. The summed E-state index contributed by atoms with van der Waals surface area (Å²) in [6.45, 7) is 6.90. The van der Waals surface area contributed by atoms with Crippen LogP contribution in [0.4, 0.5) is 0 Å². The first-order valence-electron chi connectivity index (χ1n) is 7.24. The van der Waals surface area contributed by atoms with Gasteiger partial charge in [-0.15, -0.1) is 0 Å². The Morgan fingerprint density at radius 3 is 2.42 bits per heavy atom. The Morgan fingerprint density at radius 2 is 1.84 bits per heavy atom. The predicted octanol–water partition coefficient (Wildman–Crippen LogP) is 4.33. The van der Waals surface area contributed by atoms with E-state index in [9.17, 15) is 0 Å². The van der Waals surface area contributed by atoms with Crippen molar-refractivity contribution in [2.45, 2.75) is 46.1 Å². The van der Waals surface area contributed by atoms with Gasteiger partial charge in [0.1, 0.15) is 0 Å². The molecule has 1 aromatic carbocycles. The van der Waals surface area contributed by atoms with E-state index in [4.69, 9.17) is 5.84 Å². The Kier molecular flexibility index (Phi) is 5.04. The maximum Gasteiger partial charge on any atom is 0.0491 e. The molecule has 1 aromatic rings. The van der Waals surface area contributed by atoms with E-state index < -0.39 is 0 Å². The lowest BCUT2D eigenvalue weighted by molar-refractivity contribution is 0.176. The standard InChI is InChI=1S/C16H25BrN2/c1-10-7-11(2)9-13(8-10)16(19-18)14-5-4-6-15(17)12(14)3/h4-6,10-11,13,16,19H,7-9,18H2,1-3H3. The normalized spacial score (nSPS) is 29.2. The highest BCUT2D eigenvalue weighted by molar-refractivity contribution is 9.10. The molecule has 2 rings (SSSR count). The Hall–Kier alpha value is -0.380. The van der Waals surface area contributed by atoms with Crippen molar-refractivity contribution in [1.29, 1.82) is 0 Å². The molecule has 19 heavy (non-hydrogen) atoms. The van der Waals surface area contributed by atoms with Gasteiger partial charge in [0.15, 0.2) is 0 Å². The van der Waals surface area contributed by atoms with E-state index >= 15 is 0 Å². The zero-order valence-electron chi connectivity index (χ0n) is 12.1. The van der Waals surface area contributed by atoms with Gasteiger partial charge in [-0.3, -0.25) is 11.3 Å². The molecule has 0 aliphatic heterocycles. The van der Waals surface area contributed by atoms with Gasteiger partial charge in [-0.1, -0.05) is 41.9 Å². The summed E-state index contributed by atoms with van der Waals surface area (Å²) in [5.41, 5.74) is 5.71. The quantitative estimate of drug-likeness (QED) is 0.641. The van der Waals surface area contributed by atoms with E-state index in [0.717, 1.165) is 11.8 Å². The Bertz CT molecular complexity index is 423. The number of hydrogen-bond donors (Lipinski definition) is 2. The molecule has 1 saturated carbocycles. The highest BCUT2D eigenvalue weighted by Gasteiger charge is 2.31. The molecule has 3 unspecified atom stereocenters. The number of nitrogens with one attached hydrogen (secondary N) is 1. The van der Waals surface area contributed by atoms with Gasteiger partial charge in [0.2, 0.25) is 0 Å². The second kappa shape index (κ2) is 6.38. The van der Waals surface area contributed by atoms with Crippen LogP contribution in [0.25, 0.3) is 0 Å². The van der Waals surface area contributed by atoms with E-state index in [0.29, 0.717) is 5.92 Å². The molecule has 0 spiro atoms. The van der Waals surface area contributed by atoms with Gasteiger partial charge in [0, 0.05) is 10.5 Å². The summed E-state index contributed by atoms with van der Waals surface area (Å²) in [4.78, 5) is 0. The Morgan fingerprint density at radius 1 is 1.21 bits per heavy atom. The summed E-state index contributed by atoms with van der Waals surface area (Å²) in [5, 5.41) is 0. The first-order chi connectivity index (χ1) is 9.02. The van der Waals surface area contributed by atoms with Crippen LogP contribution in [-0.2, 0) is 0 Å². The maximum absolute atomic E-state index is 5.88. The van der Waals surface area contributed by atoms with Crippen LogP contribution in [-0.4, -0.2) is 0 Å². The lowest BCUT2D eigenvalue weighted by atomic mass is 9.72. The van der Waals surface area contributed by atoms with Crippen LogP contribution in [0.2, 0.25) is 0 Å². The second-order valence-electron chi connectivity index (χ2n) is 6.28. The molecule has 3 N–H and O–H groups in total. The third-order valence-corrected chi connectivity index (χ3v) is 5.37. The van der Waals surface area contributed by atoms with Crippen molar-refractivity contribution in [3.05, 3.63) is 33.8 Å². The molecule has 2 nitrogen and oxygen atoms in total. The van der Waals surface area contributed by atoms with Crippen LogP contribution in [0.5, 0.6) is 0 Å². The topological polar surface area (TPSA) is 38.0 Å². The molecular weight excluding hydrogens is 300 g/mol. The summed E-state index contributed by atoms with van der Waals surface area (Å²) in [7, 11) is 0. The van der Waals surface area contributed by atoms with Gasteiger partial charge in [0.05, 0.1) is 0 Å². The van der Waals surface area contributed by atoms with E-state index in [1.165, 1.54) is 34.9 Å². The first kappa shape index (κ1) is 15.0. The van der Waals surface area contributed by atoms with E-state index in [-0.39, 0.29) is 6.04 Å². The van der Waals surface area contributed by atoms with Crippen molar-refractivity contribution in [3.63, 3.8) is 0 Å². The summed E-state index contributed by atoms with van der Waals surface area (Å²) >= 11 is 3.62. The molecule has 0 saturated heterocycles. The molecule has 1 aliphatic rings. The van der Waals surface area contributed by atoms with Crippen LogP contribution >= 0.6 is 15.9 Å². The van der Waals surface area contributed by atoms with Gasteiger partial charge >= 0.3 is 0 Å². The van der Waals surface area contributed by atoms with Gasteiger partial charge in [-0.05, 0) is 61.1 Å². The minimum Gasteiger partial charge on any atom is -0.271 e. The predicted molar refractivity (Wildman–Crippen MR) is 84.6 cm³/mol. The smallest absolute Gasteiger partial charge is 0.0491 e. The average molecular weight is 325 g/mol. The lowest BCUT2D eigenvalue weighted by Crippen LogP contribution is -2.37. The summed E-state index contributed by atoms with van der Waals surface area (Å²) < 4.78 is 1.17. The number of rotatable bonds is 3. The number of nitrogens with two attached hydrogens (primary N) is 1. The average Bonchev–Trinajstić information content (AvgIpc) is 2.34. The molecule has 3 atom stereocenters. The van der Waals surface area contributed by atoms with Crippen LogP contribution in [0.15, 0.2) is 22.7 Å². The maximum atomic E-state index is 5.88. The largest absolute Gasteiger partial charge is 0.271 e. The van der Waals surface area contributed by atoms with Crippen molar-refractivity contribution in [1.82, 2.24) is 5.43 Å². The molecule has 106 valence electrons. The molecule has 0 heterocycles. The number of hydrazine groups is 1. The zero-order valence-corrected chi connectivity index (χ0v) is 13.7. The third-order valence-electron chi connectivity index (χ3n) is 4.51. The lowest BCUT2D eigenvalue weighted by Gasteiger charge is -2.37. The van der Waals surface area contributed by atoms with Crippen molar-refractivity contribution in [2.24, 2.45) is 23.6 Å². The SMILES string of the molecule is Cc1c(Br)cccc1C(NN)C1CC(C)CC(C)C1. The summed E-state index contributed by atoms with van der Waals surface area (Å²) in [5.74, 6) is 8.12. The van der Waals surface area contributed by atoms with Crippen molar-refractivity contribution in [3.8, 4) is 0 Å². The minimum absolute atomic E-state index is 0.266. The van der Waals surface area contributed by atoms with Crippen LogP contribution in [0, 0.1) is 24.7 Å². The van der Waals surface area contributed by atoms with Gasteiger partial charge in [-0.2, -0.15) is 0 Å². The fraction of sp³-hybridized carbons (Fsp3) is 0.625. The van der Waals surface area contributed by atoms with Crippen molar-refractivity contribution >= 4 is 15.9 Å². The summed E-state index contributed by atoms with van der Waals surface area (Å²) in [6, 6.07) is 6.67. The highest BCUT2D eigenvalue weighted by atomic mass is 79.9. The van der Waals surface area contributed by atoms with E-state index in [1.54, 1.807) is 0 Å². The fourth-order valence-electron chi connectivity index (χ4n) is 3.72. The third kappa shape index (κ3) is 3.39. The van der Waals surface area contributed by atoms with E-state index in [2.05, 4.69) is 60.3 Å². The van der Waals surface area contributed by atoms with Crippen LogP contribution in [0.3, 0.4) is 0 Å². The van der Waals surface area contributed by atoms with Crippen LogP contribution < -0.4 is 11.3 Å². The molecule has 0 radical (unpaired) electrons. The molecule has 1 fully saturated rings. The van der Waals surface area contributed by atoms with Crippen molar-refractivity contribution < 1.29 is 0 Å². The first-order valence-corrected chi connectivity index (χ1v) is 8.03. The summed E-state index contributed by atoms with van der Waals surface area (Å²) in [6.07, 6.45) is 3.89. The van der Waals surface area contributed by atoms with Gasteiger partial charge in [0.25, 0.3) is 0 Å². The van der Waals surface area contributed by atoms with Gasteiger partial charge < -0.3 is 0 Å². The minimum atomic E-state index is 0.266. The number of benzene rings is 1. The highest BCUT2D eigenvalue weighted by Crippen LogP contribution is 2.40. The molecule has 0 bridgehead atoms. The monoisotopic (exact) mass is 324 g/mol. The van der Waals surface area contributed by atoms with Gasteiger partial charge in [-0.25, -0.2) is 0 Å². The van der Waals surface area contributed by atoms with Crippen molar-refractivity contribution in [2.75, 3.05) is 0 Å². The van der Waals surface area contributed by atoms with Crippen LogP contribution in [0.1, 0.15) is 50.3 Å². The number of hydrogen-bond acceptors (Lipinski definition) is 2. The number of halogens is 1. The fourth-order valence-corrected chi connectivity index (χ4v) is 4.10. The molecule has 1 aliphatic carbocycles. The molecule has 0 amide bonds. The zero-order chi connectivity index (χ0) is 14.0. The molecule has 0 aromatic heterocycles. The van der Waals surface area contributed by atoms with E-state index in [1.807, 2.05) is 0 Å². The molecular formula is C16H25BrN2. The Balaban J connectivity index is 2.26. The molecule has 3 heteroatoms. The Labute approximate surface area is 125 Å².